The van der Waals surface area contributed by atoms with Gasteiger partial charge >= 0.3 is 0 Å². The van der Waals surface area contributed by atoms with Gasteiger partial charge in [0.1, 0.15) is 0 Å². The Morgan fingerprint density at radius 2 is 1.88 bits per heavy atom. The van der Waals surface area contributed by atoms with E-state index in [9.17, 15) is 4.79 Å². The van der Waals surface area contributed by atoms with Crippen LogP contribution >= 0.6 is 0 Å². The van der Waals surface area contributed by atoms with E-state index in [1.165, 1.54) is 0 Å². The van der Waals surface area contributed by atoms with Crippen molar-refractivity contribution in [2.75, 3.05) is 13.6 Å². The highest BCUT2D eigenvalue weighted by atomic mass is 16.2. The van der Waals surface area contributed by atoms with E-state index in [1.807, 2.05) is 11.9 Å². The molecule has 0 aromatic rings. The van der Waals surface area contributed by atoms with Crippen molar-refractivity contribution in [2.45, 2.75) is 58.4 Å². The number of nitrogens with zero attached hydrogens (tertiary/aromatic N) is 1. The fourth-order valence-electron chi connectivity index (χ4n) is 2.42. The zero-order chi connectivity index (χ0) is 12.4. The molecule has 0 spiro atoms. The van der Waals surface area contributed by atoms with Gasteiger partial charge in [0.05, 0.1) is 5.41 Å². The van der Waals surface area contributed by atoms with Gasteiger partial charge in [-0.25, -0.2) is 0 Å². The Balaban J connectivity index is 2.84. The van der Waals surface area contributed by atoms with E-state index >= 15 is 0 Å². The van der Waals surface area contributed by atoms with Crippen LogP contribution < -0.4 is 5.73 Å². The van der Waals surface area contributed by atoms with Crippen LogP contribution in [0.15, 0.2) is 0 Å². The number of carbonyl (C=O) groups excluding carboxylic acids is 1. The van der Waals surface area contributed by atoms with E-state index < -0.39 is 0 Å². The van der Waals surface area contributed by atoms with Gasteiger partial charge in [-0.05, 0) is 33.1 Å². The van der Waals surface area contributed by atoms with Crippen LogP contribution in [0.2, 0.25) is 0 Å². The molecule has 0 aliphatic heterocycles. The van der Waals surface area contributed by atoms with Crippen molar-refractivity contribution < 1.29 is 4.79 Å². The fraction of sp³-hybridized carbons (Fsp3) is 0.923. The largest absolute Gasteiger partial charge is 0.340 e. The second-order valence-corrected chi connectivity index (χ2v) is 5.72. The molecule has 1 aliphatic carbocycles. The average Bonchev–Trinajstić information content (AvgIpc) is 2.76. The van der Waals surface area contributed by atoms with Gasteiger partial charge in [-0.2, -0.15) is 0 Å². The molecule has 0 atom stereocenters. The molecule has 0 saturated heterocycles. The molecular weight excluding hydrogens is 200 g/mol. The second-order valence-electron chi connectivity index (χ2n) is 5.72. The molecule has 16 heavy (non-hydrogen) atoms. The molecule has 1 amide bonds. The number of carbonyl (C=O) groups is 1. The van der Waals surface area contributed by atoms with Crippen molar-refractivity contribution in [3.05, 3.63) is 0 Å². The molecule has 1 rings (SSSR count). The third kappa shape index (κ3) is 2.24. The monoisotopic (exact) mass is 226 g/mol. The Labute approximate surface area is 99.4 Å². The maximum atomic E-state index is 12.5. The van der Waals surface area contributed by atoms with Crippen LogP contribution in [0.25, 0.3) is 0 Å². The molecule has 94 valence electrons. The summed E-state index contributed by atoms with van der Waals surface area (Å²) in [4.78, 5) is 14.5. The van der Waals surface area contributed by atoms with Crippen molar-refractivity contribution in [2.24, 2.45) is 11.1 Å². The zero-order valence-corrected chi connectivity index (χ0v) is 11.2. The number of hydrogen-bond acceptors (Lipinski definition) is 2. The van der Waals surface area contributed by atoms with Gasteiger partial charge in [0.25, 0.3) is 0 Å². The molecular formula is C13H26N2O. The highest BCUT2D eigenvalue weighted by molar-refractivity contribution is 5.83. The molecule has 0 bridgehead atoms. The van der Waals surface area contributed by atoms with Crippen molar-refractivity contribution >= 4 is 5.91 Å². The second kappa shape index (κ2) is 4.74. The van der Waals surface area contributed by atoms with Crippen molar-refractivity contribution in [1.82, 2.24) is 4.90 Å². The highest BCUT2D eigenvalue weighted by Gasteiger charge is 2.43. The quantitative estimate of drug-likeness (QED) is 0.798. The van der Waals surface area contributed by atoms with Crippen LogP contribution in [0.3, 0.4) is 0 Å². The van der Waals surface area contributed by atoms with Crippen LogP contribution in [-0.4, -0.2) is 29.9 Å². The predicted molar refractivity (Wildman–Crippen MR) is 67.1 cm³/mol. The van der Waals surface area contributed by atoms with Crippen LogP contribution in [0, 0.1) is 5.41 Å². The standard InChI is InChI=1S/C13H26N2O/c1-5-12(2,3)15(4)11(16)13(10-14)8-6-7-9-13/h5-10,14H2,1-4H3. The molecule has 1 saturated carbocycles. The van der Waals surface area contributed by atoms with Gasteiger partial charge in [-0.1, -0.05) is 19.8 Å². The highest BCUT2D eigenvalue weighted by Crippen LogP contribution is 2.40. The molecule has 2 N–H and O–H groups in total. The van der Waals surface area contributed by atoms with Crippen LogP contribution in [0.1, 0.15) is 52.9 Å². The summed E-state index contributed by atoms with van der Waals surface area (Å²) in [7, 11) is 1.92. The van der Waals surface area contributed by atoms with E-state index in [0.717, 1.165) is 32.1 Å². The molecule has 1 fully saturated rings. The number of hydrogen-bond donors (Lipinski definition) is 1. The normalized spacial score (nSPS) is 19.8. The van der Waals surface area contributed by atoms with E-state index in [1.54, 1.807) is 0 Å². The van der Waals surface area contributed by atoms with Crippen molar-refractivity contribution in [3.63, 3.8) is 0 Å². The zero-order valence-electron chi connectivity index (χ0n) is 11.2. The number of rotatable bonds is 4. The first-order chi connectivity index (χ1) is 7.39. The molecule has 0 aromatic carbocycles. The third-order valence-corrected chi connectivity index (χ3v) is 4.48. The molecule has 0 heterocycles. The Kier molecular flexibility index (Phi) is 4.00. The SMILES string of the molecule is CCC(C)(C)N(C)C(=O)C1(CN)CCCC1. The van der Waals surface area contributed by atoms with Gasteiger partial charge in [-0.3, -0.25) is 4.79 Å². The van der Waals surface area contributed by atoms with Gasteiger partial charge in [0.15, 0.2) is 0 Å². The van der Waals surface area contributed by atoms with E-state index in [0.29, 0.717) is 6.54 Å². The smallest absolute Gasteiger partial charge is 0.230 e. The summed E-state index contributed by atoms with van der Waals surface area (Å²) >= 11 is 0. The van der Waals surface area contributed by atoms with E-state index in [2.05, 4.69) is 20.8 Å². The lowest BCUT2D eigenvalue weighted by molar-refractivity contribution is -0.145. The molecule has 0 unspecified atom stereocenters. The first-order valence-corrected chi connectivity index (χ1v) is 6.38. The van der Waals surface area contributed by atoms with Crippen molar-refractivity contribution in [3.8, 4) is 0 Å². The minimum atomic E-state index is -0.263. The Morgan fingerprint density at radius 3 is 2.25 bits per heavy atom. The average molecular weight is 226 g/mol. The summed E-state index contributed by atoms with van der Waals surface area (Å²) in [6.45, 7) is 6.84. The lowest BCUT2D eigenvalue weighted by Gasteiger charge is -2.40. The summed E-state index contributed by atoms with van der Waals surface area (Å²) in [5, 5.41) is 0. The number of amides is 1. The summed E-state index contributed by atoms with van der Waals surface area (Å²) < 4.78 is 0. The van der Waals surface area contributed by atoms with Crippen LogP contribution in [0.4, 0.5) is 0 Å². The Morgan fingerprint density at radius 1 is 1.38 bits per heavy atom. The van der Waals surface area contributed by atoms with Gasteiger partial charge in [0, 0.05) is 19.1 Å². The minimum Gasteiger partial charge on any atom is -0.340 e. The molecule has 0 aromatic heterocycles. The van der Waals surface area contributed by atoms with Gasteiger partial charge in [0.2, 0.25) is 5.91 Å². The Hall–Kier alpha value is -0.570. The first-order valence-electron chi connectivity index (χ1n) is 6.38. The minimum absolute atomic E-state index is 0.0676. The summed E-state index contributed by atoms with van der Waals surface area (Å²) in [5.41, 5.74) is 5.51. The fourth-order valence-corrected chi connectivity index (χ4v) is 2.42. The molecule has 3 heteroatoms. The maximum Gasteiger partial charge on any atom is 0.230 e. The number of nitrogens with two attached hydrogens (primary N) is 1. The van der Waals surface area contributed by atoms with Crippen LogP contribution in [0.5, 0.6) is 0 Å². The lowest BCUT2D eigenvalue weighted by atomic mass is 9.83. The summed E-state index contributed by atoms with van der Waals surface area (Å²) in [6.07, 6.45) is 5.18. The first kappa shape index (κ1) is 13.5. The predicted octanol–water partition coefficient (Wildman–Crippen LogP) is 2.15. The lowest BCUT2D eigenvalue weighted by Crippen LogP contribution is -2.52. The van der Waals surface area contributed by atoms with E-state index in [4.69, 9.17) is 5.73 Å². The topological polar surface area (TPSA) is 46.3 Å². The summed E-state index contributed by atoms with van der Waals surface area (Å²) in [5.74, 6) is 0.249. The summed E-state index contributed by atoms with van der Waals surface area (Å²) in [6, 6.07) is 0. The third-order valence-electron chi connectivity index (χ3n) is 4.48. The van der Waals surface area contributed by atoms with E-state index in [-0.39, 0.29) is 16.9 Å². The molecule has 1 aliphatic rings. The molecule has 3 nitrogen and oxygen atoms in total. The Bertz CT molecular complexity index is 255. The van der Waals surface area contributed by atoms with Crippen molar-refractivity contribution in [1.29, 1.82) is 0 Å². The van der Waals surface area contributed by atoms with Gasteiger partial charge in [-0.15, -0.1) is 0 Å². The maximum absolute atomic E-state index is 12.5. The van der Waals surface area contributed by atoms with Crippen LogP contribution in [-0.2, 0) is 4.79 Å². The molecule has 0 radical (unpaired) electrons. The van der Waals surface area contributed by atoms with Gasteiger partial charge < -0.3 is 10.6 Å².